The molecule has 0 aliphatic carbocycles. The first-order chi connectivity index (χ1) is 5.52. The zero-order valence-corrected chi connectivity index (χ0v) is 8.38. The van der Waals surface area contributed by atoms with Crippen molar-refractivity contribution in [3.63, 3.8) is 0 Å². The van der Waals surface area contributed by atoms with Crippen LogP contribution in [0.15, 0.2) is 6.07 Å². The van der Waals surface area contributed by atoms with Crippen molar-refractivity contribution in [1.82, 2.24) is 4.98 Å². The van der Waals surface area contributed by atoms with E-state index < -0.39 is 5.97 Å². The molecular formula is C6H2AlCl2NO2. The molecule has 0 aromatic carbocycles. The molecule has 1 aromatic rings. The van der Waals surface area contributed by atoms with Gasteiger partial charge in [-0.15, -0.1) is 0 Å². The van der Waals surface area contributed by atoms with E-state index in [0.29, 0.717) is 4.56 Å². The van der Waals surface area contributed by atoms with Gasteiger partial charge in [-0.3, -0.25) is 4.98 Å². The number of hydrogen-bond donors (Lipinski definition) is 1. The molecule has 0 saturated carbocycles. The Morgan fingerprint density at radius 3 is 2.58 bits per heavy atom. The van der Waals surface area contributed by atoms with E-state index in [4.69, 9.17) is 28.3 Å². The Kier molecular flexibility index (Phi) is 2.97. The topological polar surface area (TPSA) is 50.2 Å². The molecule has 0 bridgehead atoms. The standard InChI is InChI=1S/C6H2Cl2NO2.Al/c7-3-1-5(6(10)11)9-2-4(3)8;/h1H,(H,10,11);. The molecule has 1 heterocycles. The third-order valence-electron chi connectivity index (χ3n) is 1.16. The fourth-order valence-electron chi connectivity index (χ4n) is 0.626. The first-order valence-electron chi connectivity index (χ1n) is 2.87. The summed E-state index contributed by atoms with van der Waals surface area (Å²) in [5, 5.41) is 9.00. The van der Waals surface area contributed by atoms with Crippen LogP contribution in [0.1, 0.15) is 10.5 Å². The Labute approximate surface area is 86.7 Å². The summed E-state index contributed by atoms with van der Waals surface area (Å²) in [7, 11) is 0. The van der Waals surface area contributed by atoms with E-state index in [9.17, 15) is 4.79 Å². The maximum Gasteiger partial charge on any atom is 0.354 e. The van der Waals surface area contributed by atoms with Crippen LogP contribution in [0.2, 0.25) is 10.0 Å². The molecule has 0 amide bonds. The second-order valence-corrected chi connectivity index (χ2v) is 3.33. The van der Waals surface area contributed by atoms with Crippen LogP contribution in [-0.2, 0) is 0 Å². The van der Waals surface area contributed by atoms with Gasteiger partial charge in [0, 0.05) is 0 Å². The zero-order valence-electron chi connectivity index (χ0n) is 5.71. The van der Waals surface area contributed by atoms with E-state index >= 15 is 0 Å². The van der Waals surface area contributed by atoms with E-state index in [2.05, 4.69) is 21.3 Å². The van der Waals surface area contributed by atoms with E-state index in [1.54, 1.807) is 0 Å². The third-order valence-corrected chi connectivity index (χ3v) is 2.55. The number of carbonyl (C=O) groups is 1. The van der Waals surface area contributed by atoms with Gasteiger partial charge in [-0.1, -0.05) is 23.2 Å². The second kappa shape index (κ2) is 3.63. The van der Waals surface area contributed by atoms with Gasteiger partial charge in [0.15, 0.2) is 0 Å². The molecule has 0 saturated heterocycles. The van der Waals surface area contributed by atoms with E-state index in [-0.39, 0.29) is 15.7 Å². The Hall–Kier alpha value is -0.268. The molecule has 0 atom stereocenters. The molecule has 0 aliphatic rings. The van der Waals surface area contributed by atoms with Gasteiger partial charge in [-0.25, -0.2) is 4.79 Å². The summed E-state index contributed by atoms with van der Waals surface area (Å²) >= 11 is 13.5. The predicted octanol–water partition coefficient (Wildman–Crippen LogP) is 0.880. The van der Waals surface area contributed by atoms with Crippen molar-refractivity contribution < 1.29 is 9.90 Å². The highest BCUT2D eigenvalue weighted by Crippen LogP contribution is 2.18. The number of carboxylic acids is 1. The van der Waals surface area contributed by atoms with Crippen molar-refractivity contribution in [3.8, 4) is 0 Å². The van der Waals surface area contributed by atoms with Crippen LogP contribution in [0.3, 0.4) is 0 Å². The second-order valence-electron chi connectivity index (χ2n) is 1.99. The average Bonchev–Trinajstić information content (AvgIpc) is 1.99. The zero-order chi connectivity index (χ0) is 9.30. The Morgan fingerprint density at radius 2 is 2.17 bits per heavy atom. The number of hydrogen-bond acceptors (Lipinski definition) is 2. The summed E-state index contributed by atoms with van der Waals surface area (Å²) in [5.41, 5.74) is -0.116. The number of carboxylic acid groups (broad SMARTS) is 1. The van der Waals surface area contributed by atoms with Gasteiger partial charge in [0.1, 0.15) is 5.69 Å². The van der Waals surface area contributed by atoms with Gasteiger partial charge in [0.2, 0.25) is 16.3 Å². The highest BCUT2D eigenvalue weighted by Gasteiger charge is 2.09. The van der Waals surface area contributed by atoms with Crippen molar-refractivity contribution in [2.45, 2.75) is 0 Å². The van der Waals surface area contributed by atoms with Crippen LogP contribution in [-0.4, -0.2) is 32.4 Å². The molecule has 2 radical (unpaired) electrons. The first-order valence-corrected chi connectivity index (χ1v) is 4.20. The SMILES string of the molecule is O=C(O)c1cc(Cl)c(Cl)[c]([Al])n1. The van der Waals surface area contributed by atoms with Crippen molar-refractivity contribution in [2.75, 3.05) is 0 Å². The molecule has 0 spiro atoms. The number of aromatic nitrogens is 1. The number of rotatable bonds is 1. The molecule has 3 nitrogen and oxygen atoms in total. The minimum Gasteiger partial charge on any atom is -0.477 e. The van der Waals surface area contributed by atoms with E-state index in [1.807, 2.05) is 0 Å². The minimum absolute atomic E-state index is 0.116. The lowest BCUT2D eigenvalue weighted by Crippen LogP contribution is -2.15. The normalized spacial score (nSPS) is 9.83. The maximum absolute atomic E-state index is 10.4. The first kappa shape index (κ1) is 9.82. The quantitative estimate of drug-likeness (QED) is 0.711. The largest absolute Gasteiger partial charge is 0.477 e. The van der Waals surface area contributed by atoms with Crippen LogP contribution in [0.4, 0.5) is 0 Å². The number of halogens is 2. The van der Waals surface area contributed by atoms with E-state index in [0.717, 1.165) is 0 Å². The molecule has 1 aromatic heterocycles. The highest BCUT2D eigenvalue weighted by molar-refractivity contribution is 6.49. The lowest BCUT2D eigenvalue weighted by Gasteiger charge is -2.02. The van der Waals surface area contributed by atoms with Crippen LogP contribution < -0.4 is 4.56 Å². The van der Waals surface area contributed by atoms with Crippen molar-refractivity contribution in [3.05, 3.63) is 21.8 Å². The lowest BCUT2D eigenvalue weighted by atomic mass is 10.3. The van der Waals surface area contributed by atoms with Gasteiger partial charge in [-0.05, 0) is 10.6 Å². The van der Waals surface area contributed by atoms with Crippen molar-refractivity contribution in [2.24, 2.45) is 0 Å². The van der Waals surface area contributed by atoms with E-state index in [1.165, 1.54) is 6.07 Å². The maximum atomic E-state index is 10.4. The minimum atomic E-state index is -1.13. The number of aromatic carboxylic acids is 1. The Morgan fingerprint density at radius 1 is 1.58 bits per heavy atom. The molecule has 1 N–H and O–H groups in total. The van der Waals surface area contributed by atoms with Crippen molar-refractivity contribution >= 4 is 50.0 Å². The molecule has 0 fully saturated rings. The summed E-state index contributed by atoms with van der Waals surface area (Å²) in [6.45, 7) is 0. The molecule has 60 valence electrons. The molecule has 0 unspecified atom stereocenters. The van der Waals surface area contributed by atoms with Crippen LogP contribution >= 0.6 is 23.2 Å². The van der Waals surface area contributed by atoms with Crippen LogP contribution in [0, 0.1) is 0 Å². The Bertz CT molecular complexity index is 319. The monoisotopic (exact) mass is 217 g/mol. The Balaban J connectivity index is 3.31. The van der Waals surface area contributed by atoms with Crippen molar-refractivity contribution in [1.29, 1.82) is 0 Å². The molecule has 0 aliphatic heterocycles. The van der Waals surface area contributed by atoms with Gasteiger partial charge < -0.3 is 5.11 Å². The summed E-state index contributed by atoms with van der Waals surface area (Å²) in [6, 6.07) is 1.21. The molecular weight excluding hydrogens is 216 g/mol. The van der Waals surface area contributed by atoms with Gasteiger partial charge in [-0.2, -0.15) is 0 Å². The molecule has 12 heavy (non-hydrogen) atoms. The van der Waals surface area contributed by atoms with Crippen LogP contribution in [0.5, 0.6) is 0 Å². The smallest absolute Gasteiger partial charge is 0.354 e. The average molecular weight is 218 g/mol. The highest BCUT2D eigenvalue weighted by atomic mass is 35.5. The number of pyridine rings is 1. The van der Waals surface area contributed by atoms with Gasteiger partial charge >= 0.3 is 5.97 Å². The third kappa shape index (κ3) is 1.91. The fraction of sp³-hybridized carbons (Fsp3) is 0. The fourth-order valence-corrected chi connectivity index (χ4v) is 1.31. The van der Waals surface area contributed by atoms with Crippen LogP contribution in [0.25, 0.3) is 0 Å². The van der Waals surface area contributed by atoms with Gasteiger partial charge in [0.05, 0.1) is 10.0 Å². The molecule has 1 rings (SSSR count). The van der Waals surface area contributed by atoms with Gasteiger partial charge in [0.25, 0.3) is 0 Å². The summed E-state index contributed by atoms with van der Waals surface area (Å²) in [5.74, 6) is -1.13. The molecule has 6 heteroatoms. The number of nitrogens with zero attached hydrogens (tertiary/aromatic N) is 1. The lowest BCUT2D eigenvalue weighted by molar-refractivity contribution is 0.0691. The summed E-state index contributed by atoms with van der Waals surface area (Å²) in [4.78, 5) is 14.1. The summed E-state index contributed by atoms with van der Waals surface area (Å²) < 4.78 is 0.335. The predicted molar refractivity (Wildman–Crippen MR) is 46.6 cm³/mol. The summed E-state index contributed by atoms with van der Waals surface area (Å²) in [6.07, 6.45) is 0.